The lowest BCUT2D eigenvalue weighted by atomic mass is 9.97. The van der Waals surface area contributed by atoms with E-state index in [1.165, 1.54) is 36.3 Å². The number of para-hydroxylation sites is 2. The van der Waals surface area contributed by atoms with Gasteiger partial charge in [0.2, 0.25) is 5.91 Å². The Morgan fingerprint density at radius 2 is 2.03 bits per heavy atom. The maximum absolute atomic E-state index is 13.6. The highest BCUT2D eigenvalue weighted by Gasteiger charge is 2.31. The number of carbonyl (C=O) groups is 2. The number of rotatable bonds is 8. The summed E-state index contributed by atoms with van der Waals surface area (Å²) in [4.78, 5) is 26.1. The van der Waals surface area contributed by atoms with Gasteiger partial charge >= 0.3 is 0 Å². The van der Waals surface area contributed by atoms with Gasteiger partial charge in [-0.05, 0) is 43.2 Å². The molecule has 176 valence electrons. The number of hydrogen-bond donors (Lipinski definition) is 1. The number of likely N-dealkylation sites (tertiary alicyclic amines) is 1. The summed E-state index contributed by atoms with van der Waals surface area (Å²) in [7, 11) is -2.65. The molecule has 3 rings (SSSR count). The van der Waals surface area contributed by atoms with Crippen LogP contribution in [0.15, 0.2) is 60.0 Å². The van der Waals surface area contributed by atoms with Gasteiger partial charge in [-0.2, -0.15) is 0 Å². The fraction of sp³-hybridized carbons (Fsp3) is 0.304. The molecule has 0 radical (unpaired) electrons. The zero-order valence-electron chi connectivity index (χ0n) is 18.2. The van der Waals surface area contributed by atoms with Crippen LogP contribution in [0.4, 0.5) is 5.69 Å². The minimum absolute atomic E-state index is 0.0129. The minimum Gasteiger partial charge on any atom is -0.495 e. The third kappa shape index (κ3) is 5.15. The lowest BCUT2D eigenvalue weighted by Gasteiger charge is -2.31. The molecule has 0 saturated carbocycles. The van der Waals surface area contributed by atoms with Crippen LogP contribution in [0.1, 0.15) is 23.2 Å². The van der Waals surface area contributed by atoms with E-state index >= 15 is 0 Å². The Labute approximate surface area is 198 Å². The first-order valence-corrected chi connectivity index (χ1v) is 12.2. The lowest BCUT2D eigenvalue weighted by molar-refractivity contribution is -0.123. The van der Waals surface area contributed by atoms with Crippen LogP contribution in [0.25, 0.3) is 0 Å². The number of nitrogens with two attached hydrogens (primary N) is 1. The Morgan fingerprint density at radius 3 is 2.70 bits per heavy atom. The Morgan fingerprint density at radius 1 is 1.30 bits per heavy atom. The third-order valence-corrected chi connectivity index (χ3v) is 7.62. The van der Waals surface area contributed by atoms with Crippen molar-refractivity contribution in [1.29, 1.82) is 0 Å². The third-order valence-electron chi connectivity index (χ3n) is 5.52. The number of anilines is 1. The van der Waals surface area contributed by atoms with Crippen molar-refractivity contribution in [3.8, 4) is 5.75 Å². The van der Waals surface area contributed by atoms with Crippen molar-refractivity contribution in [3.05, 3.63) is 65.7 Å². The molecule has 2 N–H and O–H groups in total. The molecule has 0 aliphatic carbocycles. The molecular weight excluding hydrogens is 466 g/mol. The summed E-state index contributed by atoms with van der Waals surface area (Å²) in [6.07, 6.45) is 2.69. The maximum Gasteiger partial charge on any atom is 0.264 e. The molecule has 8 nitrogen and oxygen atoms in total. The minimum atomic E-state index is -4.10. The van der Waals surface area contributed by atoms with Crippen molar-refractivity contribution in [2.45, 2.75) is 17.7 Å². The highest BCUT2D eigenvalue weighted by atomic mass is 35.5. The molecule has 1 saturated heterocycles. The molecular formula is C23H26ClN3O5S. The van der Waals surface area contributed by atoms with Crippen LogP contribution in [0.2, 0.25) is 5.02 Å². The number of primary amides is 1. The highest BCUT2D eigenvalue weighted by Crippen LogP contribution is 2.33. The number of carbonyl (C=O) groups excluding carboxylic acids is 2. The molecule has 0 bridgehead atoms. The van der Waals surface area contributed by atoms with Crippen molar-refractivity contribution < 1.29 is 22.7 Å². The van der Waals surface area contributed by atoms with Crippen LogP contribution >= 0.6 is 11.6 Å². The van der Waals surface area contributed by atoms with Gasteiger partial charge in [0.1, 0.15) is 5.75 Å². The number of piperidine rings is 1. The summed E-state index contributed by atoms with van der Waals surface area (Å²) in [6, 6.07) is 10.7. The van der Waals surface area contributed by atoms with Crippen LogP contribution in [0, 0.1) is 5.92 Å². The van der Waals surface area contributed by atoms with E-state index in [9.17, 15) is 18.0 Å². The van der Waals surface area contributed by atoms with Gasteiger partial charge in [-0.1, -0.05) is 29.8 Å². The number of sulfonamides is 1. The smallest absolute Gasteiger partial charge is 0.264 e. The second kappa shape index (κ2) is 10.3. The van der Waals surface area contributed by atoms with E-state index in [1.54, 1.807) is 24.3 Å². The van der Waals surface area contributed by atoms with E-state index in [1.807, 2.05) is 0 Å². The van der Waals surface area contributed by atoms with Gasteiger partial charge in [0.25, 0.3) is 15.9 Å². The summed E-state index contributed by atoms with van der Waals surface area (Å²) in [5.41, 5.74) is 5.79. The van der Waals surface area contributed by atoms with Gasteiger partial charge < -0.3 is 15.4 Å². The molecule has 0 aromatic heterocycles. The fourth-order valence-corrected chi connectivity index (χ4v) is 5.47. The van der Waals surface area contributed by atoms with Gasteiger partial charge in [0.05, 0.1) is 40.7 Å². The van der Waals surface area contributed by atoms with E-state index in [-0.39, 0.29) is 28.6 Å². The highest BCUT2D eigenvalue weighted by molar-refractivity contribution is 7.92. The molecule has 2 amide bonds. The second-order valence-electron chi connectivity index (χ2n) is 7.63. The van der Waals surface area contributed by atoms with Gasteiger partial charge in [0, 0.05) is 13.1 Å². The van der Waals surface area contributed by atoms with Crippen LogP contribution in [0.5, 0.6) is 5.75 Å². The zero-order valence-corrected chi connectivity index (χ0v) is 19.8. The van der Waals surface area contributed by atoms with Crippen LogP contribution in [0.3, 0.4) is 0 Å². The molecule has 1 fully saturated rings. The first-order chi connectivity index (χ1) is 15.7. The van der Waals surface area contributed by atoms with Crippen molar-refractivity contribution >= 4 is 39.1 Å². The number of halogens is 1. The van der Waals surface area contributed by atoms with Gasteiger partial charge in [-0.15, -0.1) is 6.58 Å². The quantitative estimate of drug-likeness (QED) is 0.570. The number of benzene rings is 2. The fourth-order valence-electron chi connectivity index (χ4n) is 3.80. The average Bonchev–Trinajstić information content (AvgIpc) is 2.82. The molecule has 0 spiro atoms. The predicted octanol–water partition coefficient (Wildman–Crippen LogP) is 3.07. The number of methoxy groups -OCH3 is 1. The van der Waals surface area contributed by atoms with Crippen molar-refractivity contribution in [3.63, 3.8) is 0 Å². The van der Waals surface area contributed by atoms with E-state index in [4.69, 9.17) is 22.1 Å². The monoisotopic (exact) mass is 491 g/mol. The molecule has 10 heteroatoms. The molecule has 33 heavy (non-hydrogen) atoms. The summed E-state index contributed by atoms with van der Waals surface area (Å²) in [6.45, 7) is 4.25. The molecule has 1 aliphatic rings. The molecule has 1 heterocycles. The Balaban J connectivity index is 2.00. The number of nitrogens with zero attached hydrogens (tertiary/aromatic N) is 2. The van der Waals surface area contributed by atoms with Crippen LogP contribution in [-0.2, 0) is 14.8 Å². The predicted molar refractivity (Wildman–Crippen MR) is 127 cm³/mol. The van der Waals surface area contributed by atoms with Crippen LogP contribution < -0.4 is 14.8 Å². The lowest BCUT2D eigenvalue weighted by Crippen LogP contribution is -2.44. The summed E-state index contributed by atoms with van der Waals surface area (Å²) in [5, 5.41) is 0.118. The standard InChI is InChI=1S/C23H26ClN3O5S/c1-3-12-27(20-8-4-5-9-21(20)32-2)33(30,31)17-10-11-19(24)18(14-17)23(29)26-13-6-7-16(15-26)22(25)28/h3-5,8-11,14,16H,1,6-7,12-13,15H2,2H3,(H2,25,28). The average molecular weight is 492 g/mol. The van der Waals surface area contributed by atoms with Crippen molar-refractivity contribution in [1.82, 2.24) is 4.90 Å². The second-order valence-corrected chi connectivity index (χ2v) is 9.90. The molecule has 2 aromatic rings. The van der Waals surface area contributed by atoms with Crippen LogP contribution in [-0.4, -0.2) is 51.9 Å². The number of hydrogen-bond acceptors (Lipinski definition) is 5. The molecule has 1 aliphatic heterocycles. The van der Waals surface area contributed by atoms with E-state index in [0.29, 0.717) is 30.8 Å². The van der Waals surface area contributed by atoms with Gasteiger partial charge in [-0.25, -0.2) is 8.42 Å². The van der Waals surface area contributed by atoms with Gasteiger partial charge in [0.15, 0.2) is 0 Å². The van der Waals surface area contributed by atoms with E-state index in [0.717, 1.165) is 4.31 Å². The summed E-state index contributed by atoms with van der Waals surface area (Å²) in [5.74, 6) is -0.983. The maximum atomic E-state index is 13.6. The normalized spacial score (nSPS) is 16.2. The molecule has 2 aromatic carbocycles. The zero-order chi connectivity index (χ0) is 24.2. The van der Waals surface area contributed by atoms with Crippen molar-refractivity contribution in [2.75, 3.05) is 31.0 Å². The Kier molecular flexibility index (Phi) is 7.65. The first-order valence-electron chi connectivity index (χ1n) is 10.4. The Bertz CT molecular complexity index is 1170. The first kappa shape index (κ1) is 24.6. The number of amides is 2. The topological polar surface area (TPSA) is 110 Å². The van der Waals surface area contributed by atoms with E-state index in [2.05, 4.69) is 6.58 Å². The molecule has 1 atom stereocenters. The number of ether oxygens (including phenoxy) is 1. The molecule has 1 unspecified atom stereocenters. The summed E-state index contributed by atoms with van der Waals surface area (Å²) < 4.78 is 33.7. The Hall–Kier alpha value is -3.04. The van der Waals surface area contributed by atoms with E-state index < -0.39 is 27.8 Å². The summed E-state index contributed by atoms with van der Waals surface area (Å²) >= 11 is 6.28. The van der Waals surface area contributed by atoms with Gasteiger partial charge in [-0.3, -0.25) is 13.9 Å². The SMILES string of the molecule is C=CCN(c1ccccc1OC)S(=O)(=O)c1ccc(Cl)c(C(=O)N2CCCC(C(N)=O)C2)c1. The largest absolute Gasteiger partial charge is 0.495 e. The van der Waals surface area contributed by atoms with Crippen molar-refractivity contribution in [2.24, 2.45) is 11.7 Å².